The molecule has 136 valence electrons. The van der Waals surface area contributed by atoms with Crippen molar-refractivity contribution in [3.05, 3.63) is 34.7 Å². The highest BCUT2D eigenvalue weighted by molar-refractivity contribution is 6.04. The highest BCUT2D eigenvalue weighted by Gasteiger charge is 2.29. The van der Waals surface area contributed by atoms with Gasteiger partial charge in [0.15, 0.2) is 6.10 Å². The molecule has 6 nitrogen and oxygen atoms in total. The second-order valence-corrected chi connectivity index (χ2v) is 6.27. The summed E-state index contributed by atoms with van der Waals surface area (Å²) in [5.74, 6) is -1.36. The molecular formula is C19H25NO5. The lowest BCUT2D eigenvalue weighted by Gasteiger charge is -2.19. The fourth-order valence-corrected chi connectivity index (χ4v) is 3.04. The second-order valence-electron chi connectivity index (χ2n) is 6.27. The normalized spacial score (nSPS) is 17.8. The number of carbonyl (C=O) groups excluding carboxylic acids is 3. The molecule has 1 aliphatic rings. The summed E-state index contributed by atoms with van der Waals surface area (Å²) >= 11 is 0. The Morgan fingerprint density at radius 1 is 1.28 bits per heavy atom. The number of aryl methyl sites for hydroxylation is 1. The number of aromatic amines is 1. The largest absolute Gasteiger partial charge is 0.462 e. The van der Waals surface area contributed by atoms with Gasteiger partial charge in [-0.3, -0.25) is 9.59 Å². The van der Waals surface area contributed by atoms with E-state index < -0.39 is 12.1 Å². The molecule has 0 saturated heterocycles. The molecule has 0 spiro atoms. The summed E-state index contributed by atoms with van der Waals surface area (Å²) in [4.78, 5) is 39.8. The highest BCUT2D eigenvalue weighted by atomic mass is 16.5. The zero-order valence-electron chi connectivity index (χ0n) is 15.2. The topological polar surface area (TPSA) is 85.5 Å². The van der Waals surface area contributed by atoms with Gasteiger partial charge in [0.2, 0.25) is 5.78 Å². The number of aromatic nitrogens is 1. The number of ketones is 1. The fourth-order valence-electron chi connectivity index (χ4n) is 3.04. The van der Waals surface area contributed by atoms with E-state index in [1.165, 1.54) is 0 Å². The van der Waals surface area contributed by atoms with Crippen molar-refractivity contribution in [2.24, 2.45) is 5.92 Å². The van der Waals surface area contributed by atoms with Crippen LogP contribution in [0.2, 0.25) is 0 Å². The van der Waals surface area contributed by atoms with Crippen molar-refractivity contribution in [3.63, 3.8) is 0 Å². The average molecular weight is 347 g/mol. The van der Waals surface area contributed by atoms with Crippen LogP contribution in [0.1, 0.15) is 65.2 Å². The summed E-state index contributed by atoms with van der Waals surface area (Å²) in [7, 11) is 0. The van der Waals surface area contributed by atoms with E-state index in [4.69, 9.17) is 9.47 Å². The lowest BCUT2D eigenvalue weighted by molar-refractivity contribution is -0.151. The molecule has 1 aromatic heterocycles. The summed E-state index contributed by atoms with van der Waals surface area (Å²) in [5.41, 5.74) is 1.73. The van der Waals surface area contributed by atoms with Crippen LogP contribution in [0.25, 0.3) is 0 Å². The smallest absolute Gasteiger partial charge is 0.340 e. The SMILES string of the molecule is CCOC(=O)c1c(C)[nH]c(C(=O)[C@@H](C)OC(=O)[C@H]2CC=CCC2)c1C. The van der Waals surface area contributed by atoms with E-state index in [2.05, 4.69) is 4.98 Å². The summed E-state index contributed by atoms with van der Waals surface area (Å²) in [6.45, 7) is 6.93. The third-order valence-electron chi connectivity index (χ3n) is 4.43. The van der Waals surface area contributed by atoms with Gasteiger partial charge in [0.1, 0.15) is 0 Å². The number of ether oxygens (including phenoxy) is 2. The van der Waals surface area contributed by atoms with Crippen LogP contribution >= 0.6 is 0 Å². The standard InChI is InChI=1S/C19H25NO5/c1-5-24-19(23)15-11(2)16(20-12(15)3)17(21)13(4)25-18(22)14-9-7-6-8-10-14/h6-7,13-14,20H,5,8-10H2,1-4H3/t13-,14+/m1/s1. The van der Waals surface area contributed by atoms with Crippen molar-refractivity contribution in [1.82, 2.24) is 4.98 Å². The van der Waals surface area contributed by atoms with Gasteiger partial charge in [-0.1, -0.05) is 12.2 Å². The van der Waals surface area contributed by atoms with E-state index in [0.717, 1.165) is 12.8 Å². The summed E-state index contributed by atoms with van der Waals surface area (Å²) in [5, 5.41) is 0. The molecule has 1 aromatic rings. The van der Waals surface area contributed by atoms with Gasteiger partial charge in [0.05, 0.1) is 23.8 Å². The minimum atomic E-state index is -0.912. The molecular weight excluding hydrogens is 322 g/mol. The van der Waals surface area contributed by atoms with Crippen LogP contribution < -0.4 is 0 Å². The minimum Gasteiger partial charge on any atom is -0.462 e. The first-order chi connectivity index (χ1) is 11.9. The number of Topliss-reactive ketones (excluding diaryl/α,β-unsaturated/α-hetero) is 1. The third kappa shape index (κ3) is 4.18. The maximum absolute atomic E-state index is 12.7. The van der Waals surface area contributed by atoms with Gasteiger partial charge in [-0.25, -0.2) is 4.79 Å². The molecule has 1 aliphatic carbocycles. The van der Waals surface area contributed by atoms with Crippen LogP contribution in [-0.4, -0.2) is 35.4 Å². The number of rotatable bonds is 6. The van der Waals surface area contributed by atoms with E-state index in [9.17, 15) is 14.4 Å². The van der Waals surface area contributed by atoms with Gasteiger partial charge in [0.25, 0.3) is 0 Å². The van der Waals surface area contributed by atoms with Crippen LogP contribution in [0.3, 0.4) is 0 Å². The van der Waals surface area contributed by atoms with Crippen LogP contribution in [0.5, 0.6) is 0 Å². The molecule has 0 aromatic carbocycles. The van der Waals surface area contributed by atoms with Crippen molar-refractivity contribution < 1.29 is 23.9 Å². The Labute approximate surface area is 147 Å². The molecule has 2 atom stereocenters. The average Bonchev–Trinajstić information content (AvgIpc) is 2.89. The maximum Gasteiger partial charge on any atom is 0.340 e. The lowest BCUT2D eigenvalue weighted by Crippen LogP contribution is -2.29. The van der Waals surface area contributed by atoms with Gasteiger partial charge in [-0.15, -0.1) is 0 Å². The molecule has 0 amide bonds. The minimum absolute atomic E-state index is 0.193. The van der Waals surface area contributed by atoms with E-state index in [1.54, 1.807) is 27.7 Å². The number of nitrogens with one attached hydrogen (secondary N) is 1. The van der Waals surface area contributed by atoms with Gasteiger partial charge in [0, 0.05) is 5.69 Å². The van der Waals surface area contributed by atoms with Crippen LogP contribution in [0, 0.1) is 19.8 Å². The summed E-state index contributed by atoms with van der Waals surface area (Å²) in [6.07, 6.45) is 5.33. The Bertz CT molecular complexity index is 701. The number of hydrogen-bond donors (Lipinski definition) is 1. The van der Waals surface area contributed by atoms with Crippen molar-refractivity contribution in [2.75, 3.05) is 6.61 Å². The molecule has 6 heteroatoms. The zero-order valence-corrected chi connectivity index (χ0v) is 15.2. The molecule has 0 radical (unpaired) electrons. The van der Waals surface area contributed by atoms with E-state index in [0.29, 0.717) is 23.2 Å². The zero-order chi connectivity index (χ0) is 18.6. The Morgan fingerprint density at radius 3 is 2.60 bits per heavy atom. The number of allylic oxidation sites excluding steroid dienone is 2. The highest BCUT2D eigenvalue weighted by Crippen LogP contribution is 2.23. The van der Waals surface area contributed by atoms with Crippen molar-refractivity contribution in [2.45, 2.75) is 53.1 Å². The van der Waals surface area contributed by atoms with Crippen LogP contribution in [-0.2, 0) is 14.3 Å². The van der Waals surface area contributed by atoms with Crippen molar-refractivity contribution in [1.29, 1.82) is 0 Å². The van der Waals surface area contributed by atoms with Crippen LogP contribution in [0.4, 0.5) is 0 Å². The molecule has 1 heterocycles. The predicted octanol–water partition coefficient (Wildman–Crippen LogP) is 3.28. The van der Waals surface area contributed by atoms with E-state index >= 15 is 0 Å². The number of carbonyl (C=O) groups is 3. The molecule has 2 rings (SSSR count). The van der Waals surface area contributed by atoms with Crippen LogP contribution in [0.15, 0.2) is 12.2 Å². The van der Waals surface area contributed by atoms with Gasteiger partial charge >= 0.3 is 11.9 Å². The number of esters is 2. The van der Waals surface area contributed by atoms with Gasteiger partial charge in [-0.2, -0.15) is 0 Å². The molecule has 0 saturated carbocycles. The Balaban J connectivity index is 2.11. The first-order valence-corrected chi connectivity index (χ1v) is 8.62. The molecule has 0 aliphatic heterocycles. The quantitative estimate of drug-likeness (QED) is 0.485. The summed E-state index contributed by atoms with van der Waals surface area (Å²) < 4.78 is 10.4. The monoisotopic (exact) mass is 347 g/mol. The Kier molecular flexibility index (Phi) is 6.17. The molecule has 0 unspecified atom stereocenters. The molecule has 0 bridgehead atoms. The first-order valence-electron chi connectivity index (χ1n) is 8.62. The Hall–Kier alpha value is -2.37. The van der Waals surface area contributed by atoms with Gasteiger partial charge in [-0.05, 0) is 52.5 Å². The predicted molar refractivity (Wildman–Crippen MR) is 92.6 cm³/mol. The second kappa shape index (κ2) is 8.14. The Morgan fingerprint density at radius 2 is 2.00 bits per heavy atom. The molecule has 0 fully saturated rings. The van der Waals surface area contributed by atoms with Crippen molar-refractivity contribution >= 4 is 17.7 Å². The van der Waals surface area contributed by atoms with Gasteiger partial charge < -0.3 is 14.5 Å². The van der Waals surface area contributed by atoms with E-state index in [1.807, 2.05) is 12.2 Å². The van der Waals surface area contributed by atoms with Crippen molar-refractivity contribution in [3.8, 4) is 0 Å². The number of H-pyrrole nitrogens is 1. The lowest BCUT2D eigenvalue weighted by atomic mass is 9.94. The number of hydrogen-bond acceptors (Lipinski definition) is 5. The molecule has 1 N–H and O–H groups in total. The third-order valence-corrected chi connectivity index (χ3v) is 4.43. The first kappa shape index (κ1) is 19.0. The molecule has 25 heavy (non-hydrogen) atoms. The van der Waals surface area contributed by atoms with E-state index in [-0.39, 0.29) is 30.0 Å². The summed E-state index contributed by atoms with van der Waals surface area (Å²) in [6, 6.07) is 0. The fraction of sp³-hybridized carbons (Fsp3) is 0.526. The maximum atomic E-state index is 12.7.